The van der Waals surface area contributed by atoms with E-state index in [1.807, 2.05) is 12.1 Å². The number of nitrogens with one attached hydrogen (secondary N) is 1. The lowest BCUT2D eigenvalue weighted by molar-refractivity contribution is -0.383. The summed E-state index contributed by atoms with van der Waals surface area (Å²) in [5, 5.41) is 14.4. The molecule has 0 amide bonds. The molecule has 1 spiro atoms. The average Bonchev–Trinajstić information content (AvgIpc) is 2.95. The van der Waals surface area contributed by atoms with E-state index >= 15 is 0 Å². The Hall–Kier alpha value is -1.78. The van der Waals surface area contributed by atoms with Crippen molar-refractivity contribution in [3.8, 4) is 0 Å². The van der Waals surface area contributed by atoms with E-state index in [2.05, 4.69) is 10.2 Å². The molecule has 1 aliphatic carbocycles. The number of anilines is 2. The predicted molar refractivity (Wildman–Crippen MR) is 85.0 cm³/mol. The lowest BCUT2D eigenvalue weighted by Crippen LogP contribution is -2.39. The maximum atomic E-state index is 11.4. The van der Waals surface area contributed by atoms with Gasteiger partial charge >= 0.3 is 5.69 Å². The van der Waals surface area contributed by atoms with Crippen LogP contribution in [0.1, 0.15) is 38.5 Å². The summed E-state index contributed by atoms with van der Waals surface area (Å²) in [5.41, 5.74) is 2.10. The first-order chi connectivity index (χ1) is 10.2. The SMILES string of the molecule is CNc1cccc(N2CCC3(CCCC3)CC2)c1[N+](=O)[O-]. The first kappa shape index (κ1) is 14.2. The van der Waals surface area contributed by atoms with Crippen molar-refractivity contribution in [1.29, 1.82) is 0 Å². The van der Waals surface area contributed by atoms with Crippen molar-refractivity contribution in [2.45, 2.75) is 38.5 Å². The molecule has 0 radical (unpaired) electrons. The number of para-hydroxylation sites is 1. The number of nitro benzene ring substituents is 1. The zero-order chi connectivity index (χ0) is 14.9. The lowest BCUT2D eigenvalue weighted by atomic mass is 9.77. The number of hydrogen-bond donors (Lipinski definition) is 1. The van der Waals surface area contributed by atoms with Gasteiger partial charge in [-0.15, -0.1) is 0 Å². The molecule has 1 aromatic carbocycles. The minimum absolute atomic E-state index is 0.211. The van der Waals surface area contributed by atoms with Gasteiger partial charge in [0.1, 0.15) is 11.4 Å². The summed E-state index contributed by atoms with van der Waals surface area (Å²) in [4.78, 5) is 13.4. The van der Waals surface area contributed by atoms with Crippen LogP contribution in [-0.4, -0.2) is 25.1 Å². The third-order valence-corrected chi connectivity index (χ3v) is 5.30. The van der Waals surface area contributed by atoms with Crippen LogP contribution in [0.3, 0.4) is 0 Å². The predicted octanol–water partition coefficient (Wildman–Crippen LogP) is 3.80. The third kappa shape index (κ3) is 2.57. The van der Waals surface area contributed by atoms with Crippen LogP contribution in [0.25, 0.3) is 0 Å². The highest BCUT2D eigenvalue weighted by Gasteiger charge is 2.38. The molecule has 1 N–H and O–H groups in total. The number of benzene rings is 1. The van der Waals surface area contributed by atoms with E-state index < -0.39 is 0 Å². The van der Waals surface area contributed by atoms with Crippen molar-refractivity contribution in [2.75, 3.05) is 30.4 Å². The Balaban J connectivity index is 1.83. The van der Waals surface area contributed by atoms with E-state index in [0.29, 0.717) is 11.1 Å². The Bertz CT molecular complexity index is 528. The van der Waals surface area contributed by atoms with Crippen LogP contribution in [0.15, 0.2) is 18.2 Å². The summed E-state index contributed by atoms with van der Waals surface area (Å²) in [6.45, 7) is 1.88. The molecule has 0 aromatic heterocycles. The van der Waals surface area contributed by atoms with Gasteiger partial charge in [0.25, 0.3) is 0 Å². The van der Waals surface area contributed by atoms with Gasteiger partial charge in [0.05, 0.1) is 4.92 Å². The van der Waals surface area contributed by atoms with Gasteiger partial charge in [0.15, 0.2) is 0 Å². The highest BCUT2D eigenvalue weighted by Crippen LogP contribution is 2.47. The Kier molecular flexibility index (Phi) is 3.74. The van der Waals surface area contributed by atoms with Gasteiger partial charge in [0, 0.05) is 20.1 Å². The molecule has 0 bridgehead atoms. The topological polar surface area (TPSA) is 58.4 Å². The minimum atomic E-state index is -0.263. The largest absolute Gasteiger partial charge is 0.382 e. The second-order valence-electron chi connectivity index (χ2n) is 6.37. The smallest absolute Gasteiger partial charge is 0.315 e. The van der Waals surface area contributed by atoms with Crippen LogP contribution in [0.4, 0.5) is 17.1 Å². The zero-order valence-electron chi connectivity index (χ0n) is 12.6. The van der Waals surface area contributed by atoms with Crippen LogP contribution in [0.5, 0.6) is 0 Å². The fraction of sp³-hybridized carbons (Fsp3) is 0.625. The molecule has 5 nitrogen and oxygen atoms in total. The minimum Gasteiger partial charge on any atom is -0.382 e. The van der Waals surface area contributed by atoms with E-state index in [1.54, 1.807) is 13.1 Å². The molecule has 5 heteroatoms. The number of hydrogen-bond acceptors (Lipinski definition) is 4. The van der Waals surface area contributed by atoms with Gasteiger partial charge in [-0.25, -0.2) is 0 Å². The molecule has 0 unspecified atom stereocenters. The molecular weight excluding hydrogens is 266 g/mol. The molecule has 3 rings (SSSR count). The standard InChI is InChI=1S/C16H23N3O2/c1-17-13-5-4-6-14(15(13)19(20)21)18-11-9-16(10-12-18)7-2-3-8-16/h4-6,17H,2-3,7-12H2,1H3. The summed E-state index contributed by atoms with van der Waals surface area (Å²) in [6, 6.07) is 5.55. The number of rotatable bonds is 3. The van der Waals surface area contributed by atoms with Crippen molar-refractivity contribution in [3.05, 3.63) is 28.3 Å². The maximum absolute atomic E-state index is 11.4. The molecule has 0 atom stereocenters. The van der Waals surface area contributed by atoms with Gasteiger partial charge in [-0.2, -0.15) is 0 Å². The van der Waals surface area contributed by atoms with Crippen LogP contribution in [-0.2, 0) is 0 Å². The van der Waals surface area contributed by atoms with E-state index in [9.17, 15) is 10.1 Å². The molecule has 1 aromatic rings. The molecule has 1 saturated heterocycles. The first-order valence-corrected chi connectivity index (χ1v) is 7.85. The van der Waals surface area contributed by atoms with Crippen LogP contribution in [0.2, 0.25) is 0 Å². The summed E-state index contributed by atoms with van der Waals surface area (Å²) in [5.74, 6) is 0. The summed E-state index contributed by atoms with van der Waals surface area (Å²) in [6.07, 6.45) is 7.76. The normalized spacial score (nSPS) is 20.7. The Labute approximate surface area is 125 Å². The van der Waals surface area contributed by atoms with Gasteiger partial charge < -0.3 is 10.2 Å². The van der Waals surface area contributed by atoms with Crippen LogP contribution >= 0.6 is 0 Å². The van der Waals surface area contributed by atoms with Crippen molar-refractivity contribution < 1.29 is 4.92 Å². The average molecular weight is 289 g/mol. The molecule has 1 heterocycles. The third-order valence-electron chi connectivity index (χ3n) is 5.30. The fourth-order valence-electron chi connectivity index (χ4n) is 4.03. The number of nitro groups is 1. The highest BCUT2D eigenvalue weighted by molar-refractivity contribution is 5.77. The lowest BCUT2D eigenvalue weighted by Gasteiger charge is -2.40. The number of piperidine rings is 1. The van der Waals surface area contributed by atoms with Crippen LogP contribution < -0.4 is 10.2 Å². The first-order valence-electron chi connectivity index (χ1n) is 7.85. The second kappa shape index (κ2) is 5.54. The molecule has 21 heavy (non-hydrogen) atoms. The van der Waals surface area contributed by atoms with Crippen molar-refractivity contribution >= 4 is 17.1 Å². The Morgan fingerprint density at radius 2 is 1.86 bits per heavy atom. The molecule has 2 fully saturated rings. The van der Waals surface area contributed by atoms with E-state index in [0.717, 1.165) is 18.8 Å². The quantitative estimate of drug-likeness (QED) is 0.679. The molecule has 2 aliphatic rings. The molecular formula is C16H23N3O2. The van der Waals surface area contributed by atoms with E-state index in [1.165, 1.54) is 38.5 Å². The van der Waals surface area contributed by atoms with Crippen molar-refractivity contribution in [3.63, 3.8) is 0 Å². The Morgan fingerprint density at radius 3 is 2.43 bits per heavy atom. The van der Waals surface area contributed by atoms with Crippen LogP contribution in [0, 0.1) is 15.5 Å². The van der Waals surface area contributed by atoms with Gasteiger partial charge in [0.2, 0.25) is 0 Å². The zero-order valence-corrected chi connectivity index (χ0v) is 12.6. The fourth-order valence-corrected chi connectivity index (χ4v) is 4.03. The molecule has 114 valence electrons. The summed E-state index contributed by atoms with van der Waals surface area (Å²) < 4.78 is 0. The van der Waals surface area contributed by atoms with Crippen molar-refractivity contribution in [1.82, 2.24) is 0 Å². The maximum Gasteiger partial charge on any atom is 0.315 e. The van der Waals surface area contributed by atoms with Gasteiger partial charge in [-0.3, -0.25) is 10.1 Å². The monoisotopic (exact) mass is 289 g/mol. The van der Waals surface area contributed by atoms with Gasteiger partial charge in [-0.1, -0.05) is 18.9 Å². The summed E-state index contributed by atoms with van der Waals surface area (Å²) >= 11 is 0. The number of nitrogens with zero attached hydrogens (tertiary/aromatic N) is 2. The summed E-state index contributed by atoms with van der Waals surface area (Å²) in [7, 11) is 1.73. The highest BCUT2D eigenvalue weighted by atomic mass is 16.6. The van der Waals surface area contributed by atoms with E-state index in [-0.39, 0.29) is 10.6 Å². The molecule has 1 aliphatic heterocycles. The second-order valence-corrected chi connectivity index (χ2v) is 6.37. The Morgan fingerprint density at radius 1 is 1.19 bits per heavy atom. The van der Waals surface area contributed by atoms with Crippen molar-refractivity contribution in [2.24, 2.45) is 5.41 Å². The van der Waals surface area contributed by atoms with E-state index in [4.69, 9.17) is 0 Å². The molecule has 1 saturated carbocycles. The van der Waals surface area contributed by atoms with Gasteiger partial charge in [-0.05, 0) is 43.2 Å².